The van der Waals surface area contributed by atoms with Crippen molar-refractivity contribution < 1.29 is 28.6 Å². The Morgan fingerprint density at radius 3 is 2.23 bits per heavy atom. The molecule has 0 heterocycles. The summed E-state index contributed by atoms with van der Waals surface area (Å²) in [5.74, 6) is 2.40. The van der Waals surface area contributed by atoms with Crippen LogP contribution < -0.4 is 5.73 Å². The van der Waals surface area contributed by atoms with E-state index in [9.17, 15) is 14.4 Å². The summed E-state index contributed by atoms with van der Waals surface area (Å²) in [4.78, 5) is 37.3. The predicted molar refractivity (Wildman–Crippen MR) is 168 cm³/mol. The molecular formula is C36H59NO6. The zero-order chi connectivity index (χ0) is 32.0. The molecule has 0 aromatic rings. The largest absolute Gasteiger partial charge is 0.461 e. The third-order valence-electron chi connectivity index (χ3n) is 11.4. The van der Waals surface area contributed by atoms with Crippen molar-refractivity contribution in [3.05, 3.63) is 12.2 Å². The molecule has 0 saturated heterocycles. The quantitative estimate of drug-likeness (QED) is 0.179. The minimum absolute atomic E-state index is 0.0872. The highest BCUT2D eigenvalue weighted by Gasteiger charge is 2.59. The van der Waals surface area contributed by atoms with Crippen LogP contribution >= 0.6 is 0 Å². The summed E-state index contributed by atoms with van der Waals surface area (Å²) in [6, 6.07) is -1.00. The molecule has 0 aliphatic heterocycles. The number of allylic oxidation sites excluding steroid dienone is 2. The summed E-state index contributed by atoms with van der Waals surface area (Å²) in [6.45, 7) is 18.5. The molecule has 4 aliphatic carbocycles. The standard InChI is InChI=1S/C36H59NO6/c1-22(10-15-30(38)42-33(2,3)4)26-13-14-27-25-12-11-23-20-24(16-18-35(23,8)28(25)17-19-36(26,27)9)41-32(40)29(37)21-31(39)43-34(5,6)7/h17,19,22-29H,10-16,18,20-21,37H2,1-9H3/t22-,23?,24-,25?,26?,27?,28?,29+,35?,36?/m1/s1. The SMILES string of the molecule is C[C@H](CCC(=O)OC(C)(C)C)C1CCC2C3CCC4C[C@H](OC(=O)[C@@H](N)CC(=O)OC(C)(C)C)CCC4(C)C3C=CC21C. The van der Waals surface area contributed by atoms with Crippen LogP contribution in [0, 0.1) is 46.3 Å². The maximum Gasteiger partial charge on any atom is 0.323 e. The van der Waals surface area contributed by atoms with E-state index in [1.807, 2.05) is 20.8 Å². The Hall–Kier alpha value is -1.89. The Balaban J connectivity index is 1.35. The van der Waals surface area contributed by atoms with Gasteiger partial charge in [-0.05, 0) is 139 Å². The molecule has 244 valence electrons. The Kier molecular flexibility index (Phi) is 9.87. The van der Waals surface area contributed by atoms with Crippen molar-refractivity contribution in [1.29, 1.82) is 0 Å². The molecule has 3 saturated carbocycles. The zero-order valence-corrected chi connectivity index (χ0v) is 28.4. The van der Waals surface area contributed by atoms with Gasteiger partial charge in [-0.3, -0.25) is 14.4 Å². The van der Waals surface area contributed by atoms with Gasteiger partial charge < -0.3 is 19.9 Å². The predicted octanol–water partition coefficient (Wildman–Crippen LogP) is 7.15. The lowest BCUT2D eigenvalue weighted by atomic mass is 9.46. The number of carbonyl (C=O) groups excluding carboxylic acids is 3. The average molecular weight is 602 g/mol. The first-order valence-corrected chi connectivity index (χ1v) is 16.9. The second kappa shape index (κ2) is 12.5. The smallest absolute Gasteiger partial charge is 0.323 e. The molecule has 4 aliphatic rings. The first-order valence-electron chi connectivity index (χ1n) is 16.9. The molecule has 0 spiro atoms. The van der Waals surface area contributed by atoms with E-state index < -0.39 is 29.2 Å². The molecule has 7 nitrogen and oxygen atoms in total. The van der Waals surface area contributed by atoms with Gasteiger partial charge in [-0.25, -0.2) is 0 Å². The Bertz CT molecular complexity index is 1070. The highest BCUT2D eigenvalue weighted by molar-refractivity contribution is 5.82. The normalized spacial score (nSPS) is 36.9. The lowest BCUT2D eigenvalue weighted by Gasteiger charge is -2.59. The number of hydrogen-bond acceptors (Lipinski definition) is 7. The summed E-state index contributed by atoms with van der Waals surface area (Å²) < 4.78 is 16.8. The maximum atomic E-state index is 12.8. The number of rotatable bonds is 8. The summed E-state index contributed by atoms with van der Waals surface area (Å²) in [5.41, 5.74) is 5.37. The van der Waals surface area contributed by atoms with Crippen LogP contribution in [-0.4, -0.2) is 41.3 Å². The van der Waals surface area contributed by atoms with Crippen molar-refractivity contribution >= 4 is 17.9 Å². The van der Waals surface area contributed by atoms with Crippen LogP contribution in [0.3, 0.4) is 0 Å². The fourth-order valence-electron chi connectivity index (χ4n) is 9.47. The molecule has 0 aromatic heterocycles. The van der Waals surface area contributed by atoms with Crippen LogP contribution in [0.15, 0.2) is 12.2 Å². The molecule has 0 amide bonds. The van der Waals surface area contributed by atoms with Crippen molar-refractivity contribution in [1.82, 2.24) is 0 Å². The van der Waals surface area contributed by atoms with Crippen molar-refractivity contribution in [2.75, 3.05) is 0 Å². The molecule has 4 rings (SSSR count). The fraction of sp³-hybridized carbons (Fsp3) is 0.861. The molecule has 7 heteroatoms. The van der Waals surface area contributed by atoms with Crippen molar-refractivity contribution in [3.8, 4) is 0 Å². The number of esters is 3. The van der Waals surface area contributed by atoms with E-state index in [0.717, 1.165) is 32.1 Å². The van der Waals surface area contributed by atoms with Crippen molar-refractivity contribution in [3.63, 3.8) is 0 Å². The molecule has 43 heavy (non-hydrogen) atoms. The zero-order valence-electron chi connectivity index (χ0n) is 28.4. The van der Waals surface area contributed by atoms with E-state index in [4.69, 9.17) is 19.9 Å². The van der Waals surface area contributed by atoms with Gasteiger partial charge in [0.1, 0.15) is 23.3 Å². The molecule has 7 unspecified atom stereocenters. The van der Waals surface area contributed by atoms with E-state index in [1.165, 1.54) is 19.3 Å². The van der Waals surface area contributed by atoms with Gasteiger partial charge in [0, 0.05) is 6.42 Å². The van der Waals surface area contributed by atoms with Gasteiger partial charge in [-0.2, -0.15) is 0 Å². The van der Waals surface area contributed by atoms with Crippen LogP contribution in [0.4, 0.5) is 0 Å². The molecule has 10 atom stereocenters. The topological polar surface area (TPSA) is 105 Å². The Morgan fingerprint density at radius 1 is 0.930 bits per heavy atom. The van der Waals surface area contributed by atoms with Gasteiger partial charge in [0.15, 0.2) is 0 Å². The summed E-state index contributed by atoms with van der Waals surface area (Å²) in [7, 11) is 0. The lowest BCUT2D eigenvalue weighted by molar-refractivity contribution is -0.164. The van der Waals surface area contributed by atoms with Crippen molar-refractivity contribution in [2.24, 2.45) is 52.1 Å². The monoisotopic (exact) mass is 601 g/mol. The van der Waals surface area contributed by atoms with Gasteiger partial charge in [0.2, 0.25) is 0 Å². The third kappa shape index (κ3) is 7.68. The van der Waals surface area contributed by atoms with Gasteiger partial charge in [-0.15, -0.1) is 0 Å². The lowest BCUT2D eigenvalue weighted by Crippen LogP contribution is -2.53. The van der Waals surface area contributed by atoms with Crippen molar-refractivity contribution in [2.45, 2.75) is 150 Å². The Labute approximate surface area is 260 Å². The second-order valence-electron chi connectivity index (χ2n) is 16.8. The minimum atomic E-state index is -1.00. The minimum Gasteiger partial charge on any atom is -0.461 e. The van der Waals surface area contributed by atoms with Crippen LogP contribution in [0.1, 0.15) is 127 Å². The third-order valence-corrected chi connectivity index (χ3v) is 11.4. The van der Waals surface area contributed by atoms with Crippen LogP contribution in [0.25, 0.3) is 0 Å². The highest BCUT2D eigenvalue weighted by atomic mass is 16.6. The second-order valence-corrected chi connectivity index (χ2v) is 16.8. The molecule has 3 fully saturated rings. The number of hydrogen-bond donors (Lipinski definition) is 1. The van der Waals surface area contributed by atoms with Gasteiger partial charge in [0.25, 0.3) is 0 Å². The summed E-state index contributed by atoms with van der Waals surface area (Å²) in [6.07, 6.45) is 13.8. The highest BCUT2D eigenvalue weighted by Crippen LogP contribution is 2.66. The van der Waals surface area contributed by atoms with Gasteiger partial charge in [-0.1, -0.05) is 32.9 Å². The van der Waals surface area contributed by atoms with E-state index in [0.29, 0.717) is 41.9 Å². The van der Waals surface area contributed by atoms with Crippen LogP contribution in [-0.2, 0) is 28.6 Å². The molecular weight excluding hydrogens is 542 g/mol. The van der Waals surface area contributed by atoms with E-state index in [2.05, 4.69) is 32.9 Å². The van der Waals surface area contributed by atoms with Gasteiger partial charge >= 0.3 is 17.9 Å². The van der Waals surface area contributed by atoms with E-state index >= 15 is 0 Å². The number of fused-ring (bicyclic) bond motifs is 5. The van der Waals surface area contributed by atoms with Crippen LogP contribution in [0.2, 0.25) is 0 Å². The summed E-state index contributed by atoms with van der Waals surface area (Å²) in [5, 5.41) is 0. The first-order chi connectivity index (χ1) is 19.8. The van der Waals surface area contributed by atoms with E-state index in [-0.39, 0.29) is 29.3 Å². The molecule has 0 radical (unpaired) electrons. The average Bonchev–Trinajstić information content (AvgIpc) is 3.22. The van der Waals surface area contributed by atoms with E-state index in [1.54, 1.807) is 20.8 Å². The molecule has 2 N–H and O–H groups in total. The summed E-state index contributed by atoms with van der Waals surface area (Å²) >= 11 is 0. The Morgan fingerprint density at radius 2 is 1.58 bits per heavy atom. The number of carbonyl (C=O) groups is 3. The molecule has 0 bridgehead atoms. The van der Waals surface area contributed by atoms with Crippen LogP contribution in [0.5, 0.6) is 0 Å². The number of ether oxygens (including phenoxy) is 3. The first kappa shape index (κ1) is 34.0. The number of nitrogens with two attached hydrogens (primary N) is 1. The maximum absolute atomic E-state index is 12.8. The molecule has 0 aromatic carbocycles. The fourth-order valence-corrected chi connectivity index (χ4v) is 9.47. The van der Waals surface area contributed by atoms with Gasteiger partial charge in [0.05, 0.1) is 6.42 Å².